The third-order valence-electron chi connectivity index (χ3n) is 4.35. The van der Waals surface area contributed by atoms with E-state index in [-0.39, 0.29) is 17.9 Å². The summed E-state index contributed by atoms with van der Waals surface area (Å²) in [4.78, 5) is 23.8. The van der Waals surface area contributed by atoms with E-state index < -0.39 is 11.9 Å². The van der Waals surface area contributed by atoms with Gasteiger partial charge in [-0.3, -0.25) is 9.59 Å². The fraction of sp³-hybridized carbons (Fsp3) is 0.529. The Morgan fingerprint density at radius 3 is 2.48 bits per heavy atom. The Morgan fingerprint density at radius 2 is 1.81 bits per heavy atom. The zero-order chi connectivity index (χ0) is 15.2. The second-order valence-electron chi connectivity index (χ2n) is 5.83. The molecule has 0 aliphatic heterocycles. The molecule has 3 atom stereocenters. The number of hydrogen-bond acceptors (Lipinski definition) is 2. The van der Waals surface area contributed by atoms with Gasteiger partial charge in [0, 0.05) is 6.04 Å². The van der Waals surface area contributed by atoms with Gasteiger partial charge in [0.1, 0.15) is 0 Å². The Balaban J connectivity index is 2.04. The molecule has 0 aromatic heterocycles. The minimum atomic E-state index is -0.797. The minimum Gasteiger partial charge on any atom is -0.481 e. The maximum absolute atomic E-state index is 12.4. The molecule has 1 aliphatic rings. The molecule has 2 rings (SSSR count). The second kappa shape index (κ2) is 7.25. The van der Waals surface area contributed by atoms with Gasteiger partial charge in [0.25, 0.3) is 0 Å². The molecule has 4 heteroatoms. The molecule has 0 heterocycles. The molecule has 2 N–H and O–H groups in total. The molecule has 0 bridgehead atoms. The van der Waals surface area contributed by atoms with Gasteiger partial charge in [-0.25, -0.2) is 0 Å². The minimum absolute atomic E-state index is 0.0839. The largest absolute Gasteiger partial charge is 0.481 e. The van der Waals surface area contributed by atoms with Crippen molar-refractivity contribution < 1.29 is 14.7 Å². The summed E-state index contributed by atoms with van der Waals surface area (Å²) in [7, 11) is 0. The molecule has 0 unspecified atom stereocenters. The molecule has 1 amide bonds. The number of hydrogen-bond donors (Lipinski definition) is 2. The van der Waals surface area contributed by atoms with Crippen LogP contribution in [0.1, 0.15) is 50.5 Å². The molecule has 21 heavy (non-hydrogen) atoms. The highest BCUT2D eigenvalue weighted by molar-refractivity contribution is 5.84. The van der Waals surface area contributed by atoms with Crippen molar-refractivity contribution in [3.05, 3.63) is 35.9 Å². The first-order chi connectivity index (χ1) is 10.1. The Morgan fingerprint density at radius 1 is 1.14 bits per heavy atom. The third-order valence-corrected chi connectivity index (χ3v) is 4.35. The van der Waals surface area contributed by atoms with Gasteiger partial charge in [-0.2, -0.15) is 0 Å². The van der Waals surface area contributed by atoms with E-state index in [0.717, 1.165) is 31.2 Å². The lowest BCUT2D eigenvalue weighted by Gasteiger charge is -2.24. The highest BCUT2D eigenvalue weighted by Crippen LogP contribution is 2.25. The number of benzene rings is 1. The summed E-state index contributed by atoms with van der Waals surface area (Å²) in [6.45, 7) is 1.86. The van der Waals surface area contributed by atoms with Crippen LogP contribution in [-0.2, 0) is 9.59 Å². The van der Waals surface area contributed by atoms with Crippen LogP contribution in [0.2, 0.25) is 0 Å². The summed E-state index contributed by atoms with van der Waals surface area (Å²) in [5.41, 5.74) is 0.954. The van der Waals surface area contributed by atoms with E-state index in [0.29, 0.717) is 6.42 Å². The number of aliphatic carboxylic acids is 1. The number of carbonyl (C=O) groups is 2. The van der Waals surface area contributed by atoms with Crippen molar-refractivity contribution in [3.63, 3.8) is 0 Å². The lowest BCUT2D eigenvalue weighted by Crippen LogP contribution is -2.44. The fourth-order valence-corrected chi connectivity index (χ4v) is 2.98. The molecule has 4 nitrogen and oxygen atoms in total. The van der Waals surface area contributed by atoms with E-state index in [1.807, 2.05) is 37.3 Å². The summed E-state index contributed by atoms with van der Waals surface area (Å²) in [5.74, 6) is -1.60. The first kappa shape index (κ1) is 15.5. The van der Waals surface area contributed by atoms with Gasteiger partial charge in [-0.05, 0) is 25.3 Å². The first-order valence-electron chi connectivity index (χ1n) is 7.67. The molecule has 0 saturated heterocycles. The average Bonchev–Trinajstić information content (AvgIpc) is 2.72. The lowest BCUT2D eigenvalue weighted by molar-refractivity contribution is -0.143. The van der Waals surface area contributed by atoms with Crippen LogP contribution in [0.15, 0.2) is 30.3 Å². The standard InChI is InChI=1S/C17H23NO3/c1-12(13-8-4-2-5-9-13)16(19)18-15-11-7-3-6-10-14(15)17(20)21/h2,4-5,8-9,12,14-15H,3,6-7,10-11H2,1H3,(H,18,19)(H,20,21)/t12-,14-,15+/m1/s1. The van der Waals surface area contributed by atoms with Gasteiger partial charge in [-0.1, -0.05) is 49.6 Å². The molecular formula is C17H23NO3. The third kappa shape index (κ3) is 4.06. The second-order valence-corrected chi connectivity index (χ2v) is 5.83. The van der Waals surface area contributed by atoms with E-state index in [4.69, 9.17) is 0 Å². The molecule has 114 valence electrons. The van der Waals surface area contributed by atoms with Crippen molar-refractivity contribution >= 4 is 11.9 Å². The topological polar surface area (TPSA) is 66.4 Å². The summed E-state index contributed by atoms with van der Waals surface area (Å²) >= 11 is 0. The van der Waals surface area contributed by atoms with Crippen molar-refractivity contribution in [2.75, 3.05) is 0 Å². The van der Waals surface area contributed by atoms with Gasteiger partial charge in [0.05, 0.1) is 11.8 Å². The molecule has 1 aliphatic carbocycles. The van der Waals surface area contributed by atoms with Crippen molar-refractivity contribution in [2.45, 2.75) is 51.0 Å². The summed E-state index contributed by atoms with van der Waals surface area (Å²) in [6.07, 6.45) is 4.36. The Bertz CT molecular complexity index is 486. The monoisotopic (exact) mass is 289 g/mol. The smallest absolute Gasteiger partial charge is 0.308 e. The quantitative estimate of drug-likeness (QED) is 0.837. The Labute approximate surface area is 125 Å². The summed E-state index contributed by atoms with van der Waals surface area (Å²) in [5, 5.41) is 12.3. The number of amides is 1. The summed E-state index contributed by atoms with van der Waals surface area (Å²) in [6, 6.07) is 9.33. The van der Waals surface area contributed by atoms with Gasteiger partial charge < -0.3 is 10.4 Å². The molecule has 0 spiro atoms. The zero-order valence-corrected chi connectivity index (χ0v) is 12.4. The van der Waals surface area contributed by atoms with Gasteiger partial charge in [-0.15, -0.1) is 0 Å². The van der Waals surface area contributed by atoms with E-state index in [1.165, 1.54) is 0 Å². The molecular weight excluding hydrogens is 266 g/mol. The Kier molecular flexibility index (Phi) is 5.37. The number of carboxylic acids is 1. The van der Waals surface area contributed by atoms with E-state index in [1.54, 1.807) is 0 Å². The van der Waals surface area contributed by atoms with Crippen LogP contribution >= 0.6 is 0 Å². The van der Waals surface area contributed by atoms with Crippen LogP contribution in [0.4, 0.5) is 0 Å². The predicted molar refractivity (Wildman–Crippen MR) is 81.0 cm³/mol. The SMILES string of the molecule is C[C@@H](C(=O)N[C@H]1CCCCC[C@H]1C(=O)O)c1ccccc1. The Hall–Kier alpha value is -1.84. The van der Waals surface area contributed by atoms with Crippen molar-refractivity contribution in [2.24, 2.45) is 5.92 Å². The molecule has 1 aromatic rings. The van der Waals surface area contributed by atoms with Gasteiger partial charge in [0.2, 0.25) is 5.91 Å². The molecule has 1 saturated carbocycles. The van der Waals surface area contributed by atoms with Gasteiger partial charge >= 0.3 is 5.97 Å². The van der Waals surface area contributed by atoms with Crippen molar-refractivity contribution in [1.29, 1.82) is 0 Å². The highest BCUT2D eigenvalue weighted by atomic mass is 16.4. The van der Waals surface area contributed by atoms with Crippen LogP contribution in [0, 0.1) is 5.92 Å². The van der Waals surface area contributed by atoms with Crippen LogP contribution in [0.3, 0.4) is 0 Å². The molecule has 1 fully saturated rings. The number of carboxylic acid groups (broad SMARTS) is 1. The maximum Gasteiger partial charge on any atom is 0.308 e. The van der Waals surface area contributed by atoms with E-state index in [9.17, 15) is 14.7 Å². The van der Waals surface area contributed by atoms with Gasteiger partial charge in [0.15, 0.2) is 0 Å². The molecule has 1 aromatic carbocycles. The first-order valence-corrected chi connectivity index (χ1v) is 7.67. The highest BCUT2D eigenvalue weighted by Gasteiger charge is 2.31. The lowest BCUT2D eigenvalue weighted by atomic mass is 9.93. The zero-order valence-electron chi connectivity index (χ0n) is 12.4. The number of nitrogens with one attached hydrogen (secondary N) is 1. The predicted octanol–water partition coefficient (Wildman–Crippen LogP) is 2.94. The normalized spacial score (nSPS) is 23.9. The maximum atomic E-state index is 12.4. The van der Waals surface area contributed by atoms with Crippen LogP contribution < -0.4 is 5.32 Å². The summed E-state index contributed by atoms with van der Waals surface area (Å²) < 4.78 is 0. The fourth-order valence-electron chi connectivity index (χ4n) is 2.98. The number of rotatable bonds is 4. The van der Waals surface area contributed by atoms with Crippen molar-refractivity contribution in [3.8, 4) is 0 Å². The van der Waals surface area contributed by atoms with E-state index in [2.05, 4.69) is 5.32 Å². The average molecular weight is 289 g/mol. The molecule has 0 radical (unpaired) electrons. The van der Waals surface area contributed by atoms with Crippen LogP contribution in [-0.4, -0.2) is 23.0 Å². The van der Waals surface area contributed by atoms with Crippen LogP contribution in [0.5, 0.6) is 0 Å². The van der Waals surface area contributed by atoms with Crippen LogP contribution in [0.25, 0.3) is 0 Å². The number of carbonyl (C=O) groups excluding carboxylic acids is 1. The van der Waals surface area contributed by atoms with E-state index >= 15 is 0 Å². The van der Waals surface area contributed by atoms with Crippen molar-refractivity contribution in [1.82, 2.24) is 5.32 Å².